The molecule has 0 saturated carbocycles. The molecule has 6 nitrogen and oxygen atoms in total. The van der Waals surface area contributed by atoms with Crippen LogP contribution in [0.4, 0.5) is 0 Å². The molecule has 0 fully saturated rings. The fourth-order valence-corrected chi connectivity index (χ4v) is 1.86. The van der Waals surface area contributed by atoms with Gasteiger partial charge in [-0.25, -0.2) is 9.78 Å². The van der Waals surface area contributed by atoms with Gasteiger partial charge in [-0.1, -0.05) is 36.4 Å². The zero-order valence-electron chi connectivity index (χ0n) is 11.6. The summed E-state index contributed by atoms with van der Waals surface area (Å²) >= 11 is 0. The van der Waals surface area contributed by atoms with Crippen molar-refractivity contribution in [3.63, 3.8) is 0 Å². The third kappa shape index (κ3) is 2.40. The molecule has 1 aromatic carbocycles. The van der Waals surface area contributed by atoms with Crippen LogP contribution in [0.1, 0.15) is 0 Å². The minimum atomic E-state index is -0.360. The molecular formula is C14H16N4O2. The van der Waals surface area contributed by atoms with E-state index in [4.69, 9.17) is 0 Å². The monoisotopic (exact) mass is 272 g/mol. The molecule has 104 valence electrons. The Bertz CT molecular complexity index is 801. The molecule has 6 heteroatoms. The second-order valence-electron chi connectivity index (χ2n) is 4.39. The summed E-state index contributed by atoms with van der Waals surface area (Å²) in [6.07, 6.45) is 1.52. The van der Waals surface area contributed by atoms with Crippen LogP contribution in [-0.4, -0.2) is 18.7 Å². The first-order chi connectivity index (χ1) is 9.54. The number of rotatable bonds is 0. The summed E-state index contributed by atoms with van der Waals surface area (Å²) in [6.45, 7) is 0. The summed E-state index contributed by atoms with van der Waals surface area (Å²) in [4.78, 5) is 27.2. The van der Waals surface area contributed by atoms with Crippen LogP contribution in [0, 0.1) is 0 Å². The largest absolute Gasteiger partial charge is 0.332 e. The van der Waals surface area contributed by atoms with Crippen molar-refractivity contribution in [3.05, 3.63) is 63.6 Å². The van der Waals surface area contributed by atoms with Crippen molar-refractivity contribution < 1.29 is 0 Å². The zero-order valence-corrected chi connectivity index (χ0v) is 11.6. The Kier molecular flexibility index (Phi) is 3.84. The minimum absolute atomic E-state index is 0.317. The van der Waals surface area contributed by atoms with Crippen molar-refractivity contribution in [3.8, 4) is 0 Å². The fraction of sp³-hybridized carbons (Fsp3) is 0.214. The van der Waals surface area contributed by atoms with E-state index in [2.05, 4.69) is 4.98 Å². The Morgan fingerprint density at radius 1 is 0.850 bits per heavy atom. The average molecular weight is 272 g/mol. The predicted molar refractivity (Wildman–Crippen MR) is 77.6 cm³/mol. The van der Waals surface area contributed by atoms with Crippen LogP contribution in [-0.2, 0) is 21.1 Å². The first kappa shape index (κ1) is 13.8. The molecule has 0 N–H and O–H groups in total. The van der Waals surface area contributed by atoms with Gasteiger partial charge in [-0.05, 0) is 0 Å². The van der Waals surface area contributed by atoms with Gasteiger partial charge in [-0.2, -0.15) is 0 Å². The maximum atomic E-state index is 11.7. The number of imidazole rings is 1. The first-order valence-electron chi connectivity index (χ1n) is 6.11. The Morgan fingerprint density at radius 3 is 1.85 bits per heavy atom. The van der Waals surface area contributed by atoms with E-state index in [0.717, 1.165) is 4.57 Å². The van der Waals surface area contributed by atoms with Crippen LogP contribution in [0.25, 0.3) is 11.2 Å². The Hall–Kier alpha value is -2.63. The van der Waals surface area contributed by atoms with E-state index in [1.165, 1.54) is 17.9 Å². The lowest BCUT2D eigenvalue weighted by Crippen LogP contribution is -2.37. The third-order valence-electron chi connectivity index (χ3n) is 2.98. The van der Waals surface area contributed by atoms with Gasteiger partial charge in [0.1, 0.15) is 0 Å². The van der Waals surface area contributed by atoms with E-state index in [1.54, 1.807) is 18.7 Å². The maximum absolute atomic E-state index is 11.7. The lowest BCUT2D eigenvalue weighted by molar-refractivity contribution is 0.705. The number of aryl methyl sites for hydroxylation is 2. The first-order valence-corrected chi connectivity index (χ1v) is 6.11. The number of aromatic nitrogens is 4. The SMILES string of the molecule is Cn1c(=O)c2c(ncn2C)n(C)c1=O.c1ccccc1. The Balaban J connectivity index is 0.000000205. The van der Waals surface area contributed by atoms with Crippen molar-refractivity contribution >= 4 is 11.2 Å². The molecule has 2 aromatic heterocycles. The van der Waals surface area contributed by atoms with Crippen molar-refractivity contribution in [1.82, 2.24) is 18.7 Å². The van der Waals surface area contributed by atoms with Crippen molar-refractivity contribution in [1.29, 1.82) is 0 Å². The topological polar surface area (TPSA) is 61.8 Å². The lowest BCUT2D eigenvalue weighted by Gasteiger charge is -2.02. The summed E-state index contributed by atoms with van der Waals surface area (Å²) in [5.74, 6) is 0. The number of nitrogens with zero attached hydrogens (tertiary/aromatic N) is 4. The predicted octanol–water partition coefficient (Wildman–Crippen LogP) is 0.657. The molecule has 2 heterocycles. The third-order valence-corrected chi connectivity index (χ3v) is 2.98. The number of hydrogen-bond donors (Lipinski definition) is 0. The van der Waals surface area contributed by atoms with Crippen LogP contribution in [0.5, 0.6) is 0 Å². The standard InChI is InChI=1S/C8H10N4O2.C6H6/c1-10-4-9-6-5(10)7(13)12(3)8(14)11(6)2;1-2-4-6-5-3-1/h4H,1-3H3;1-6H. The Morgan fingerprint density at radius 2 is 1.35 bits per heavy atom. The van der Waals surface area contributed by atoms with Gasteiger partial charge >= 0.3 is 5.69 Å². The van der Waals surface area contributed by atoms with Crippen LogP contribution in [0.2, 0.25) is 0 Å². The van der Waals surface area contributed by atoms with Gasteiger partial charge in [0.2, 0.25) is 0 Å². The van der Waals surface area contributed by atoms with E-state index in [0.29, 0.717) is 11.2 Å². The molecule has 0 aliphatic carbocycles. The maximum Gasteiger partial charge on any atom is 0.332 e. The van der Waals surface area contributed by atoms with Crippen molar-refractivity contribution in [2.75, 3.05) is 0 Å². The molecule has 0 bridgehead atoms. The quantitative estimate of drug-likeness (QED) is 0.604. The van der Waals surface area contributed by atoms with Gasteiger partial charge in [-0.15, -0.1) is 0 Å². The van der Waals surface area contributed by atoms with Gasteiger partial charge < -0.3 is 4.57 Å². The highest BCUT2D eigenvalue weighted by molar-refractivity contribution is 5.69. The van der Waals surface area contributed by atoms with Crippen LogP contribution >= 0.6 is 0 Å². The molecule has 0 spiro atoms. The number of benzene rings is 1. The smallest absolute Gasteiger partial charge is 0.328 e. The Labute approximate surface area is 115 Å². The summed E-state index contributed by atoms with van der Waals surface area (Å²) < 4.78 is 4.04. The average Bonchev–Trinajstić information content (AvgIpc) is 2.87. The second-order valence-corrected chi connectivity index (χ2v) is 4.39. The molecule has 3 aromatic rings. The minimum Gasteiger partial charge on any atom is -0.328 e. The highest BCUT2D eigenvalue weighted by Gasteiger charge is 2.11. The van der Waals surface area contributed by atoms with Crippen molar-refractivity contribution in [2.24, 2.45) is 21.1 Å². The highest BCUT2D eigenvalue weighted by Crippen LogP contribution is 2.01. The lowest BCUT2D eigenvalue weighted by atomic mass is 10.4. The van der Waals surface area contributed by atoms with E-state index >= 15 is 0 Å². The summed E-state index contributed by atoms with van der Waals surface area (Å²) in [5.41, 5.74) is 0.180. The molecular weight excluding hydrogens is 256 g/mol. The zero-order chi connectivity index (χ0) is 14.7. The summed E-state index contributed by atoms with van der Waals surface area (Å²) in [6, 6.07) is 12.0. The molecule has 3 rings (SSSR count). The molecule has 0 unspecified atom stereocenters. The van der Waals surface area contributed by atoms with E-state index in [-0.39, 0.29) is 11.2 Å². The van der Waals surface area contributed by atoms with Crippen LogP contribution in [0.15, 0.2) is 52.3 Å². The van der Waals surface area contributed by atoms with E-state index in [9.17, 15) is 9.59 Å². The molecule has 0 aliphatic heterocycles. The number of fused-ring (bicyclic) bond motifs is 1. The molecule has 0 aliphatic rings. The van der Waals surface area contributed by atoms with Gasteiger partial charge in [0.25, 0.3) is 5.56 Å². The molecule has 20 heavy (non-hydrogen) atoms. The second kappa shape index (κ2) is 5.56. The summed E-state index contributed by atoms with van der Waals surface area (Å²) in [5, 5.41) is 0. The molecule has 0 amide bonds. The van der Waals surface area contributed by atoms with Crippen molar-refractivity contribution in [2.45, 2.75) is 0 Å². The molecule has 0 saturated heterocycles. The fourth-order valence-electron chi connectivity index (χ4n) is 1.86. The van der Waals surface area contributed by atoms with Gasteiger partial charge in [0, 0.05) is 21.1 Å². The van der Waals surface area contributed by atoms with Gasteiger partial charge in [0.05, 0.1) is 6.33 Å². The van der Waals surface area contributed by atoms with Crippen LogP contribution in [0.3, 0.4) is 0 Å². The van der Waals surface area contributed by atoms with Gasteiger partial charge in [-0.3, -0.25) is 13.9 Å². The van der Waals surface area contributed by atoms with E-state index < -0.39 is 0 Å². The van der Waals surface area contributed by atoms with E-state index in [1.807, 2.05) is 36.4 Å². The van der Waals surface area contributed by atoms with Crippen LogP contribution < -0.4 is 11.2 Å². The summed E-state index contributed by atoms with van der Waals surface area (Å²) in [7, 11) is 4.77. The number of hydrogen-bond acceptors (Lipinski definition) is 3. The molecule has 0 atom stereocenters. The highest BCUT2D eigenvalue weighted by atomic mass is 16.2. The normalized spacial score (nSPS) is 10.2. The molecule has 0 radical (unpaired) electrons. The van der Waals surface area contributed by atoms with Gasteiger partial charge in [0.15, 0.2) is 11.2 Å².